The number of imidazole rings is 1. The number of rotatable bonds is 9. The van der Waals surface area contributed by atoms with Crippen LogP contribution in [-0.2, 0) is 6.54 Å². The number of ether oxygens (including phenoxy) is 1. The van der Waals surface area contributed by atoms with E-state index in [2.05, 4.69) is 14.8 Å². The lowest BCUT2D eigenvalue weighted by atomic mass is 10.0. The highest BCUT2D eigenvalue weighted by Gasteiger charge is 2.29. The lowest BCUT2D eigenvalue weighted by molar-refractivity contribution is 0.0996. The summed E-state index contributed by atoms with van der Waals surface area (Å²) in [5, 5.41) is 10.3. The summed E-state index contributed by atoms with van der Waals surface area (Å²) >= 11 is 12.8. The van der Waals surface area contributed by atoms with Gasteiger partial charge in [-0.25, -0.2) is 4.98 Å². The minimum atomic E-state index is -0.528. The van der Waals surface area contributed by atoms with Crippen LogP contribution in [0.2, 0.25) is 10.0 Å². The van der Waals surface area contributed by atoms with E-state index in [-0.39, 0.29) is 24.9 Å². The number of halogens is 2. The van der Waals surface area contributed by atoms with Crippen molar-refractivity contribution < 1.29 is 14.6 Å². The van der Waals surface area contributed by atoms with Crippen molar-refractivity contribution >= 4 is 34.8 Å². The summed E-state index contributed by atoms with van der Waals surface area (Å²) in [5.41, 5.74) is 7.65. The fraction of sp³-hybridized carbons (Fsp3) is 0.333. The highest BCUT2D eigenvalue weighted by molar-refractivity contribution is 6.33. The van der Waals surface area contributed by atoms with Crippen LogP contribution in [0.3, 0.4) is 0 Å². The van der Waals surface area contributed by atoms with E-state index < -0.39 is 5.91 Å². The Kier molecular flexibility index (Phi) is 7.95. The molecule has 1 atom stereocenters. The van der Waals surface area contributed by atoms with E-state index in [1.54, 1.807) is 18.6 Å². The number of anilines is 1. The highest BCUT2D eigenvalue weighted by Crippen LogP contribution is 2.37. The van der Waals surface area contributed by atoms with Crippen LogP contribution in [0, 0.1) is 0 Å². The van der Waals surface area contributed by atoms with Gasteiger partial charge in [-0.2, -0.15) is 0 Å². The van der Waals surface area contributed by atoms with E-state index in [0.717, 1.165) is 37.4 Å². The molecule has 1 aliphatic heterocycles. The van der Waals surface area contributed by atoms with Crippen molar-refractivity contribution in [3.63, 3.8) is 0 Å². The third-order valence-electron chi connectivity index (χ3n) is 5.87. The Labute approximate surface area is 208 Å². The van der Waals surface area contributed by atoms with Crippen molar-refractivity contribution in [3.8, 4) is 5.75 Å². The molecule has 1 aromatic heterocycles. The summed E-state index contributed by atoms with van der Waals surface area (Å²) < 4.78 is 7.38. The second-order valence-electron chi connectivity index (χ2n) is 8.11. The predicted octanol–water partition coefficient (Wildman–Crippen LogP) is 3.22. The zero-order chi connectivity index (χ0) is 24.1. The fourth-order valence-electron chi connectivity index (χ4n) is 4.14. The lowest BCUT2D eigenvalue weighted by Gasteiger charge is -2.43. The van der Waals surface area contributed by atoms with Crippen molar-refractivity contribution in [2.45, 2.75) is 12.6 Å². The van der Waals surface area contributed by atoms with Gasteiger partial charge in [-0.15, -0.1) is 0 Å². The molecule has 180 valence electrons. The minimum Gasteiger partial charge on any atom is -0.491 e. The van der Waals surface area contributed by atoms with Gasteiger partial charge in [0, 0.05) is 50.0 Å². The van der Waals surface area contributed by atoms with E-state index in [1.165, 1.54) is 0 Å². The smallest absolute Gasteiger partial charge is 0.268 e. The SMILES string of the molecule is NC(=O)c1cn(CCN2CCN(c3ccc(OCCO)cc3Cl)C(c3ccc(Cl)cc3)C2)cn1. The zero-order valence-electron chi connectivity index (χ0n) is 18.6. The topological polar surface area (TPSA) is 96.9 Å². The first-order valence-corrected chi connectivity index (χ1v) is 11.8. The third-order valence-corrected chi connectivity index (χ3v) is 6.42. The van der Waals surface area contributed by atoms with Gasteiger partial charge in [0.05, 0.1) is 29.7 Å². The van der Waals surface area contributed by atoms with Crippen molar-refractivity contribution in [1.29, 1.82) is 0 Å². The Hall–Kier alpha value is -2.78. The molecule has 10 heteroatoms. The first-order chi connectivity index (χ1) is 16.4. The van der Waals surface area contributed by atoms with Gasteiger partial charge >= 0.3 is 0 Å². The number of nitrogens with zero attached hydrogens (tertiary/aromatic N) is 4. The zero-order valence-corrected chi connectivity index (χ0v) is 20.1. The van der Waals surface area contributed by atoms with Gasteiger partial charge < -0.3 is 25.0 Å². The Morgan fingerprint density at radius 3 is 2.62 bits per heavy atom. The van der Waals surface area contributed by atoms with Crippen LogP contribution in [-0.4, -0.2) is 64.9 Å². The maximum atomic E-state index is 11.3. The van der Waals surface area contributed by atoms with E-state index >= 15 is 0 Å². The molecule has 0 saturated carbocycles. The van der Waals surface area contributed by atoms with Gasteiger partial charge in [0.1, 0.15) is 18.1 Å². The lowest BCUT2D eigenvalue weighted by Crippen LogP contribution is -2.49. The van der Waals surface area contributed by atoms with E-state index in [0.29, 0.717) is 22.3 Å². The van der Waals surface area contributed by atoms with E-state index in [4.69, 9.17) is 38.8 Å². The summed E-state index contributed by atoms with van der Waals surface area (Å²) in [6.45, 7) is 4.08. The standard InChI is InChI=1S/C24H27Cl2N5O3/c25-18-3-1-17(2-4-18)23-15-29(7-8-30-14-21(24(27)33)28-16-30)9-10-31(23)22-6-5-19(13-20(22)26)34-12-11-32/h1-6,13-14,16,23,32H,7-12,15H2,(H2,27,33). The first kappa shape index (κ1) is 24.3. The summed E-state index contributed by atoms with van der Waals surface area (Å²) in [6.07, 6.45) is 3.31. The maximum Gasteiger partial charge on any atom is 0.268 e. The molecule has 3 N–H and O–H groups in total. The number of piperazine rings is 1. The van der Waals surface area contributed by atoms with E-state index in [1.807, 2.05) is 41.0 Å². The molecule has 0 bridgehead atoms. The molecule has 1 amide bonds. The molecule has 4 rings (SSSR count). The van der Waals surface area contributed by atoms with Crippen molar-refractivity contribution in [3.05, 3.63) is 76.3 Å². The molecule has 0 spiro atoms. The molecule has 34 heavy (non-hydrogen) atoms. The van der Waals surface area contributed by atoms with Crippen LogP contribution >= 0.6 is 23.2 Å². The van der Waals surface area contributed by atoms with Crippen molar-refractivity contribution in [2.75, 3.05) is 44.3 Å². The number of carbonyl (C=O) groups is 1. The Morgan fingerprint density at radius 1 is 1.15 bits per heavy atom. The van der Waals surface area contributed by atoms with Crippen LogP contribution in [0.4, 0.5) is 5.69 Å². The Morgan fingerprint density at radius 2 is 1.94 bits per heavy atom. The number of benzene rings is 2. The fourth-order valence-corrected chi connectivity index (χ4v) is 4.55. The molecule has 0 aliphatic carbocycles. The van der Waals surface area contributed by atoms with Gasteiger partial charge in [-0.1, -0.05) is 35.3 Å². The monoisotopic (exact) mass is 503 g/mol. The molecule has 1 aliphatic rings. The molecule has 3 aromatic rings. The minimum absolute atomic E-state index is 0.0527. The first-order valence-electron chi connectivity index (χ1n) is 11.0. The Bertz CT molecular complexity index is 1120. The number of aliphatic hydroxyl groups is 1. The largest absolute Gasteiger partial charge is 0.491 e. The molecule has 1 fully saturated rings. The van der Waals surface area contributed by atoms with Gasteiger partial charge in [-0.3, -0.25) is 9.69 Å². The molecule has 1 saturated heterocycles. The van der Waals surface area contributed by atoms with Gasteiger partial charge in [-0.05, 0) is 29.8 Å². The average molecular weight is 504 g/mol. The average Bonchev–Trinajstić information content (AvgIpc) is 3.32. The molecule has 0 radical (unpaired) electrons. The number of hydrogen-bond acceptors (Lipinski definition) is 6. The van der Waals surface area contributed by atoms with Crippen molar-refractivity contribution in [2.24, 2.45) is 5.73 Å². The Balaban J connectivity index is 1.52. The predicted molar refractivity (Wildman–Crippen MR) is 133 cm³/mol. The van der Waals surface area contributed by atoms with Gasteiger partial charge in [0.15, 0.2) is 0 Å². The molecule has 8 nitrogen and oxygen atoms in total. The number of carbonyl (C=O) groups excluding carboxylic acids is 1. The highest BCUT2D eigenvalue weighted by atomic mass is 35.5. The maximum absolute atomic E-state index is 11.3. The van der Waals surface area contributed by atoms with Crippen LogP contribution in [0.15, 0.2) is 55.0 Å². The molecular weight excluding hydrogens is 477 g/mol. The van der Waals surface area contributed by atoms with Crippen molar-refractivity contribution in [1.82, 2.24) is 14.5 Å². The normalized spacial score (nSPS) is 16.6. The van der Waals surface area contributed by atoms with Crippen LogP contribution in [0.25, 0.3) is 0 Å². The molecule has 2 heterocycles. The number of aromatic nitrogens is 2. The summed E-state index contributed by atoms with van der Waals surface area (Å²) in [4.78, 5) is 20.0. The molecular formula is C24H27Cl2N5O3. The summed E-state index contributed by atoms with van der Waals surface area (Å²) in [5.74, 6) is 0.0972. The van der Waals surface area contributed by atoms with Gasteiger partial charge in [0.2, 0.25) is 0 Å². The van der Waals surface area contributed by atoms with Gasteiger partial charge in [0.25, 0.3) is 5.91 Å². The summed E-state index contributed by atoms with van der Waals surface area (Å²) in [6, 6.07) is 13.6. The van der Waals surface area contributed by atoms with E-state index in [9.17, 15) is 4.79 Å². The number of hydrogen-bond donors (Lipinski definition) is 2. The second-order valence-corrected chi connectivity index (χ2v) is 8.95. The van der Waals surface area contributed by atoms with Crippen LogP contribution in [0.5, 0.6) is 5.75 Å². The number of amides is 1. The van der Waals surface area contributed by atoms with Crippen LogP contribution < -0.4 is 15.4 Å². The second kappa shape index (κ2) is 11.1. The number of primary amides is 1. The molecule has 1 unspecified atom stereocenters. The van der Waals surface area contributed by atoms with Crippen LogP contribution in [0.1, 0.15) is 22.1 Å². The number of nitrogens with two attached hydrogens (primary N) is 1. The quantitative estimate of drug-likeness (QED) is 0.465. The summed E-state index contributed by atoms with van der Waals surface area (Å²) in [7, 11) is 0. The number of aliphatic hydroxyl groups excluding tert-OH is 1. The third kappa shape index (κ3) is 5.82. The molecule has 2 aromatic carbocycles.